The predicted octanol–water partition coefficient (Wildman–Crippen LogP) is 4.24. The van der Waals surface area contributed by atoms with E-state index in [-0.39, 0.29) is 16.2 Å². The second-order valence-electron chi connectivity index (χ2n) is 6.16. The lowest BCUT2D eigenvalue weighted by Crippen LogP contribution is -2.31. The number of benzene rings is 1. The lowest BCUT2D eigenvalue weighted by atomic mass is 9.97. The van der Waals surface area contributed by atoms with Crippen molar-refractivity contribution in [3.63, 3.8) is 0 Å². The molecule has 0 spiro atoms. The predicted molar refractivity (Wildman–Crippen MR) is 99.3 cm³/mol. The standard InChI is InChI=1S/C17H20ClNO4S2/c1-11(2)17(19-25(20,21)16-7-6-15(18)24-16)12-4-5-13-14(10-12)23-9-3-8-22-13/h4-7,10-11,17,19H,3,8-9H2,1-2H3/t17-/m1/s1. The van der Waals surface area contributed by atoms with E-state index in [0.29, 0.717) is 29.0 Å². The van der Waals surface area contributed by atoms with Gasteiger partial charge in [0.05, 0.1) is 17.6 Å². The Morgan fingerprint density at radius 3 is 2.48 bits per heavy atom. The molecular weight excluding hydrogens is 382 g/mol. The van der Waals surface area contributed by atoms with Crippen molar-refractivity contribution in [1.82, 2.24) is 4.72 Å². The lowest BCUT2D eigenvalue weighted by molar-refractivity contribution is 0.297. The number of sulfonamides is 1. The first-order valence-electron chi connectivity index (χ1n) is 8.04. The van der Waals surface area contributed by atoms with Gasteiger partial charge in [0.2, 0.25) is 0 Å². The number of rotatable bonds is 5. The van der Waals surface area contributed by atoms with Gasteiger partial charge in [0.25, 0.3) is 10.0 Å². The Balaban J connectivity index is 1.90. The van der Waals surface area contributed by atoms with E-state index in [2.05, 4.69) is 4.72 Å². The van der Waals surface area contributed by atoms with Crippen LogP contribution in [-0.2, 0) is 10.0 Å². The summed E-state index contributed by atoms with van der Waals surface area (Å²) in [7, 11) is -3.65. The zero-order chi connectivity index (χ0) is 18.0. The molecule has 0 bridgehead atoms. The van der Waals surface area contributed by atoms with Crippen LogP contribution in [0.25, 0.3) is 0 Å². The highest BCUT2D eigenvalue weighted by atomic mass is 35.5. The monoisotopic (exact) mass is 401 g/mol. The number of thiophene rings is 1. The molecule has 1 aliphatic rings. The van der Waals surface area contributed by atoms with Crippen LogP contribution in [0.2, 0.25) is 4.34 Å². The second kappa shape index (κ2) is 7.53. The molecule has 0 unspecified atom stereocenters. The minimum Gasteiger partial charge on any atom is -0.490 e. The average molecular weight is 402 g/mol. The summed E-state index contributed by atoms with van der Waals surface area (Å²) in [5.74, 6) is 1.39. The van der Waals surface area contributed by atoms with Crippen molar-refractivity contribution in [1.29, 1.82) is 0 Å². The Morgan fingerprint density at radius 1 is 1.12 bits per heavy atom. The Bertz CT molecular complexity index is 848. The van der Waals surface area contributed by atoms with E-state index in [1.807, 2.05) is 32.0 Å². The van der Waals surface area contributed by atoms with Crippen molar-refractivity contribution >= 4 is 33.0 Å². The fourth-order valence-electron chi connectivity index (χ4n) is 2.63. The second-order valence-corrected chi connectivity index (χ2v) is 9.81. The van der Waals surface area contributed by atoms with E-state index in [4.69, 9.17) is 21.1 Å². The van der Waals surface area contributed by atoms with Crippen LogP contribution in [0, 0.1) is 5.92 Å². The highest BCUT2D eigenvalue weighted by Gasteiger charge is 2.26. The molecule has 0 radical (unpaired) electrons. The van der Waals surface area contributed by atoms with Crippen LogP contribution in [0.1, 0.15) is 31.9 Å². The first-order chi connectivity index (χ1) is 11.9. The third-order valence-corrected chi connectivity index (χ3v) is 7.06. The molecule has 1 aliphatic heterocycles. The summed E-state index contributed by atoms with van der Waals surface area (Å²) in [5.41, 5.74) is 0.838. The van der Waals surface area contributed by atoms with Gasteiger partial charge >= 0.3 is 0 Å². The molecule has 0 fully saturated rings. The molecule has 0 saturated carbocycles. The summed E-state index contributed by atoms with van der Waals surface area (Å²) in [6.07, 6.45) is 0.823. The average Bonchev–Trinajstić information content (AvgIpc) is 2.87. The molecule has 5 nitrogen and oxygen atoms in total. The number of nitrogens with one attached hydrogen (secondary N) is 1. The largest absolute Gasteiger partial charge is 0.490 e. The Labute approximate surface area is 157 Å². The topological polar surface area (TPSA) is 64.6 Å². The van der Waals surface area contributed by atoms with Gasteiger partial charge in [0.15, 0.2) is 11.5 Å². The molecular formula is C17H20ClNO4S2. The summed E-state index contributed by atoms with van der Waals surface area (Å²) in [6, 6.07) is 8.28. The van der Waals surface area contributed by atoms with E-state index in [0.717, 1.165) is 23.3 Å². The number of halogens is 1. The number of hydrogen-bond donors (Lipinski definition) is 1. The van der Waals surface area contributed by atoms with E-state index >= 15 is 0 Å². The number of fused-ring (bicyclic) bond motifs is 1. The molecule has 1 aromatic carbocycles. The van der Waals surface area contributed by atoms with Crippen LogP contribution < -0.4 is 14.2 Å². The maximum absolute atomic E-state index is 12.7. The van der Waals surface area contributed by atoms with Gasteiger partial charge in [-0.15, -0.1) is 11.3 Å². The highest BCUT2D eigenvalue weighted by Crippen LogP contribution is 2.35. The van der Waals surface area contributed by atoms with Crippen LogP contribution in [0.3, 0.4) is 0 Å². The first kappa shape index (κ1) is 18.5. The van der Waals surface area contributed by atoms with Crippen molar-refractivity contribution in [2.45, 2.75) is 30.5 Å². The van der Waals surface area contributed by atoms with E-state index < -0.39 is 10.0 Å². The van der Waals surface area contributed by atoms with Gasteiger partial charge in [0.1, 0.15) is 4.21 Å². The van der Waals surface area contributed by atoms with Gasteiger partial charge in [-0.2, -0.15) is 0 Å². The molecule has 8 heteroatoms. The Kier molecular flexibility index (Phi) is 5.58. The molecule has 25 heavy (non-hydrogen) atoms. The Morgan fingerprint density at radius 2 is 1.84 bits per heavy atom. The summed E-state index contributed by atoms with van der Waals surface area (Å²) in [6.45, 7) is 5.14. The Hall–Kier alpha value is -1.28. The fourth-order valence-corrected chi connectivity index (χ4v) is 5.50. The summed E-state index contributed by atoms with van der Waals surface area (Å²) in [4.78, 5) is 0. The summed E-state index contributed by atoms with van der Waals surface area (Å²) in [5, 5.41) is 0. The van der Waals surface area contributed by atoms with E-state index in [1.54, 1.807) is 6.07 Å². The molecule has 1 N–H and O–H groups in total. The van der Waals surface area contributed by atoms with Crippen LogP contribution >= 0.6 is 22.9 Å². The molecule has 0 aliphatic carbocycles. The molecule has 2 aromatic rings. The molecule has 0 amide bonds. The number of ether oxygens (including phenoxy) is 2. The zero-order valence-corrected chi connectivity index (χ0v) is 16.4. The van der Waals surface area contributed by atoms with Crippen LogP contribution in [-0.4, -0.2) is 21.6 Å². The molecule has 3 rings (SSSR count). The van der Waals surface area contributed by atoms with Crippen molar-refractivity contribution in [3.8, 4) is 11.5 Å². The van der Waals surface area contributed by atoms with Crippen molar-refractivity contribution in [2.75, 3.05) is 13.2 Å². The van der Waals surface area contributed by atoms with Crippen LogP contribution in [0.5, 0.6) is 11.5 Å². The molecule has 136 valence electrons. The molecule has 1 aromatic heterocycles. The lowest BCUT2D eigenvalue weighted by Gasteiger charge is -2.23. The SMILES string of the molecule is CC(C)[C@@H](NS(=O)(=O)c1ccc(Cl)s1)c1ccc2c(c1)OCCCO2. The minimum absolute atomic E-state index is 0.0509. The molecule has 1 atom stereocenters. The zero-order valence-electron chi connectivity index (χ0n) is 14.0. The van der Waals surface area contributed by atoms with Crippen molar-refractivity contribution in [2.24, 2.45) is 5.92 Å². The highest BCUT2D eigenvalue weighted by molar-refractivity contribution is 7.91. The molecule has 2 heterocycles. The van der Waals surface area contributed by atoms with Gasteiger partial charge < -0.3 is 9.47 Å². The van der Waals surface area contributed by atoms with Crippen LogP contribution in [0.4, 0.5) is 0 Å². The minimum atomic E-state index is -3.65. The fraction of sp³-hybridized carbons (Fsp3) is 0.412. The summed E-state index contributed by atoms with van der Waals surface area (Å²) >= 11 is 6.91. The van der Waals surface area contributed by atoms with E-state index in [9.17, 15) is 8.42 Å². The van der Waals surface area contributed by atoms with Gasteiger partial charge in [-0.25, -0.2) is 13.1 Å². The van der Waals surface area contributed by atoms with Gasteiger partial charge in [-0.3, -0.25) is 0 Å². The van der Waals surface area contributed by atoms with Gasteiger partial charge in [0, 0.05) is 12.5 Å². The maximum Gasteiger partial charge on any atom is 0.250 e. The van der Waals surface area contributed by atoms with Gasteiger partial charge in [-0.05, 0) is 35.7 Å². The quantitative estimate of drug-likeness (QED) is 0.813. The normalized spacial score (nSPS) is 15.8. The van der Waals surface area contributed by atoms with Crippen molar-refractivity contribution in [3.05, 3.63) is 40.2 Å². The maximum atomic E-state index is 12.7. The van der Waals surface area contributed by atoms with Crippen molar-refractivity contribution < 1.29 is 17.9 Å². The van der Waals surface area contributed by atoms with E-state index in [1.165, 1.54) is 6.07 Å². The van der Waals surface area contributed by atoms with Crippen LogP contribution in [0.15, 0.2) is 34.5 Å². The smallest absolute Gasteiger partial charge is 0.250 e. The third-order valence-electron chi connectivity index (χ3n) is 3.89. The van der Waals surface area contributed by atoms with Gasteiger partial charge in [-0.1, -0.05) is 31.5 Å². The number of hydrogen-bond acceptors (Lipinski definition) is 5. The first-order valence-corrected chi connectivity index (χ1v) is 10.7. The summed E-state index contributed by atoms with van der Waals surface area (Å²) < 4.78 is 40.1. The molecule has 0 saturated heterocycles. The third kappa shape index (κ3) is 4.28.